The Morgan fingerprint density at radius 1 is 1.07 bits per heavy atom. The lowest BCUT2D eigenvalue weighted by Gasteiger charge is -2.38. The molecule has 7 nitrogen and oxygen atoms in total. The van der Waals surface area contributed by atoms with Gasteiger partial charge in [0.2, 0.25) is 5.91 Å². The maximum atomic E-state index is 13.9. The number of para-hydroxylation sites is 1. The van der Waals surface area contributed by atoms with Crippen molar-refractivity contribution in [2.24, 2.45) is 0 Å². The van der Waals surface area contributed by atoms with Gasteiger partial charge in [0, 0.05) is 44.7 Å². The van der Waals surface area contributed by atoms with Gasteiger partial charge in [0.05, 0.1) is 5.69 Å². The monoisotopic (exact) mass is 416 g/mol. The van der Waals surface area contributed by atoms with Crippen LogP contribution >= 0.6 is 12.4 Å². The minimum absolute atomic E-state index is 0. The smallest absolute Gasteiger partial charge is 0.324 e. The molecular formula is C19H30ClFN4O3. The summed E-state index contributed by atoms with van der Waals surface area (Å²) in [4.78, 5) is 29.9. The third-order valence-electron chi connectivity index (χ3n) is 5.01. The third-order valence-corrected chi connectivity index (χ3v) is 5.01. The van der Waals surface area contributed by atoms with Gasteiger partial charge in [-0.3, -0.25) is 14.6 Å². The molecule has 0 bridgehead atoms. The summed E-state index contributed by atoms with van der Waals surface area (Å²) in [6.07, 6.45) is 1.08. The van der Waals surface area contributed by atoms with Gasteiger partial charge in [0.15, 0.2) is 0 Å². The summed E-state index contributed by atoms with van der Waals surface area (Å²) in [5.41, 5.74) is 0.193. The highest BCUT2D eigenvalue weighted by molar-refractivity contribution is 5.97. The van der Waals surface area contributed by atoms with Crippen LogP contribution in [0.3, 0.4) is 0 Å². The molecule has 2 fully saturated rings. The number of carbonyl (C=O) groups is 2. The van der Waals surface area contributed by atoms with Crippen molar-refractivity contribution in [1.29, 1.82) is 0 Å². The van der Waals surface area contributed by atoms with E-state index in [1.54, 1.807) is 6.07 Å². The maximum absolute atomic E-state index is 13.9. The van der Waals surface area contributed by atoms with E-state index in [0.717, 1.165) is 39.1 Å². The number of hydrogen-bond acceptors (Lipinski definition) is 4. The largest absolute Gasteiger partial charge is 0.412 e. The van der Waals surface area contributed by atoms with Gasteiger partial charge in [-0.2, -0.15) is 0 Å². The zero-order chi connectivity index (χ0) is 18.7. The molecule has 3 amide bonds. The quantitative estimate of drug-likeness (QED) is 0.790. The van der Waals surface area contributed by atoms with E-state index in [0.29, 0.717) is 18.7 Å². The van der Waals surface area contributed by atoms with Crippen molar-refractivity contribution < 1.29 is 19.5 Å². The molecule has 3 rings (SSSR count). The van der Waals surface area contributed by atoms with Crippen molar-refractivity contribution in [1.82, 2.24) is 15.1 Å². The molecule has 0 atom stereocenters. The van der Waals surface area contributed by atoms with Crippen LogP contribution in [-0.4, -0.2) is 72.0 Å². The normalized spacial score (nSPS) is 19.5. The Kier molecular flexibility index (Phi) is 8.66. The molecule has 0 saturated carbocycles. The van der Waals surface area contributed by atoms with Crippen LogP contribution in [-0.2, 0) is 4.79 Å². The van der Waals surface area contributed by atoms with Gasteiger partial charge >= 0.3 is 6.03 Å². The van der Waals surface area contributed by atoms with Gasteiger partial charge in [-0.25, -0.2) is 9.18 Å². The summed E-state index contributed by atoms with van der Waals surface area (Å²) >= 11 is 0. The number of amides is 3. The molecule has 0 aliphatic carbocycles. The molecule has 0 unspecified atom stereocenters. The molecule has 0 spiro atoms. The predicted octanol–water partition coefficient (Wildman–Crippen LogP) is 1.66. The van der Waals surface area contributed by atoms with Crippen LogP contribution < -0.4 is 10.2 Å². The van der Waals surface area contributed by atoms with E-state index in [2.05, 4.69) is 15.1 Å². The van der Waals surface area contributed by atoms with E-state index in [9.17, 15) is 14.0 Å². The van der Waals surface area contributed by atoms with E-state index >= 15 is 0 Å². The summed E-state index contributed by atoms with van der Waals surface area (Å²) in [7, 11) is 0. The van der Waals surface area contributed by atoms with Gasteiger partial charge in [-0.15, -0.1) is 12.4 Å². The van der Waals surface area contributed by atoms with E-state index in [-0.39, 0.29) is 35.6 Å². The van der Waals surface area contributed by atoms with Crippen LogP contribution in [0.1, 0.15) is 26.7 Å². The minimum Gasteiger partial charge on any atom is -0.412 e. The van der Waals surface area contributed by atoms with E-state index < -0.39 is 5.54 Å². The standard InChI is InChI=1S/C19H27FN4O2.ClH.H2O/c1-19(2)14-17(25)24(18(26)21-19)9-5-8-22-10-12-23(13-11-22)16-7-4-3-6-15(16)20;;/h3-4,6-7H,5,8-14H2,1-2H3,(H,21,26);1H;1H2. The van der Waals surface area contributed by atoms with E-state index in [4.69, 9.17) is 0 Å². The van der Waals surface area contributed by atoms with Crippen LogP contribution in [0.25, 0.3) is 0 Å². The first kappa shape index (κ1) is 24.1. The highest BCUT2D eigenvalue weighted by Gasteiger charge is 2.36. The highest BCUT2D eigenvalue weighted by Crippen LogP contribution is 2.20. The first-order valence-electron chi connectivity index (χ1n) is 9.20. The Hall–Kier alpha value is -1.90. The predicted molar refractivity (Wildman–Crippen MR) is 109 cm³/mol. The Bertz CT molecular complexity index is 661. The van der Waals surface area contributed by atoms with Gasteiger partial charge in [0.1, 0.15) is 5.82 Å². The molecule has 2 heterocycles. The molecule has 2 aliphatic rings. The number of nitrogens with zero attached hydrogens (tertiary/aromatic N) is 3. The number of urea groups is 1. The lowest BCUT2D eigenvalue weighted by atomic mass is 9.98. The third kappa shape index (κ3) is 5.80. The number of carbonyl (C=O) groups excluding carboxylic acids is 2. The number of nitrogens with one attached hydrogen (secondary N) is 1. The number of halogens is 2. The second kappa shape index (κ2) is 10.0. The Morgan fingerprint density at radius 2 is 1.71 bits per heavy atom. The van der Waals surface area contributed by atoms with Crippen molar-refractivity contribution in [3.05, 3.63) is 30.1 Å². The van der Waals surface area contributed by atoms with E-state index in [1.807, 2.05) is 26.0 Å². The number of anilines is 1. The number of piperazine rings is 1. The summed E-state index contributed by atoms with van der Waals surface area (Å²) in [5, 5.41) is 2.86. The Morgan fingerprint density at radius 3 is 2.32 bits per heavy atom. The second-order valence-electron chi connectivity index (χ2n) is 7.67. The molecule has 2 saturated heterocycles. The second-order valence-corrected chi connectivity index (χ2v) is 7.67. The van der Waals surface area contributed by atoms with Gasteiger partial charge in [0.25, 0.3) is 0 Å². The van der Waals surface area contributed by atoms with Crippen LogP contribution in [0.15, 0.2) is 24.3 Å². The average molecular weight is 417 g/mol. The van der Waals surface area contributed by atoms with Crippen molar-refractivity contribution in [3.63, 3.8) is 0 Å². The van der Waals surface area contributed by atoms with Crippen molar-refractivity contribution in [2.75, 3.05) is 44.2 Å². The number of hydrogen-bond donors (Lipinski definition) is 1. The number of benzene rings is 1. The SMILES string of the molecule is CC1(C)CC(=O)N(CCCN2CCN(c3ccccc3F)CC2)C(=O)N1.Cl.O. The van der Waals surface area contributed by atoms with Crippen molar-refractivity contribution >= 4 is 30.0 Å². The minimum atomic E-state index is -0.465. The number of rotatable bonds is 5. The fourth-order valence-corrected chi connectivity index (χ4v) is 3.59. The van der Waals surface area contributed by atoms with Gasteiger partial charge in [-0.1, -0.05) is 12.1 Å². The van der Waals surface area contributed by atoms with Crippen LogP contribution in [0.5, 0.6) is 0 Å². The molecule has 0 aromatic heterocycles. The summed E-state index contributed by atoms with van der Waals surface area (Å²) in [5.74, 6) is -0.290. The molecule has 9 heteroatoms. The molecular weight excluding hydrogens is 387 g/mol. The van der Waals surface area contributed by atoms with Crippen molar-refractivity contribution in [3.8, 4) is 0 Å². The zero-order valence-corrected chi connectivity index (χ0v) is 17.2. The Balaban J connectivity index is 0.00000196. The number of imide groups is 1. The first-order chi connectivity index (χ1) is 12.4. The molecule has 1 aromatic carbocycles. The lowest BCUT2D eigenvalue weighted by molar-refractivity contribution is -0.131. The van der Waals surface area contributed by atoms with Crippen LogP contribution in [0, 0.1) is 5.82 Å². The maximum Gasteiger partial charge on any atom is 0.324 e. The molecule has 158 valence electrons. The fourth-order valence-electron chi connectivity index (χ4n) is 3.59. The molecule has 0 radical (unpaired) electrons. The molecule has 2 aliphatic heterocycles. The lowest BCUT2D eigenvalue weighted by Crippen LogP contribution is -2.59. The fraction of sp³-hybridized carbons (Fsp3) is 0.579. The average Bonchev–Trinajstić information content (AvgIpc) is 2.57. The topological polar surface area (TPSA) is 87.4 Å². The summed E-state index contributed by atoms with van der Waals surface area (Å²) in [6, 6.07) is 6.56. The van der Waals surface area contributed by atoms with Gasteiger partial charge < -0.3 is 15.7 Å². The van der Waals surface area contributed by atoms with Gasteiger partial charge in [-0.05, 0) is 38.9 Å². The Labute approximate surface area is 171 Å². The molecule has 1 aromatic rings. The van der Waals surface area contributed by atoms with E-state index in [1.165, 1.54) is 11.0 Å². The molecule has 28 heavy (non-hydrogen) atoms. The highest BCUT2D eigenvalue weighted by atomic mass is 35.5. The summed E-state index contributed by atoms with van der Waals surface area (Å²) in [6.45, 7) is 8.23. The van der Waals surface area contributed by atoms with Crippen molar-refractivity contribution in [2.45, 2.75) is 32.2 Å². The zero-order valence-electron chi connectivity index (χ0n) is 16.4. The summed E-state index contributed by atoms with van der Waals surface area (Å²) < 4.78 is 13.9. The first-order valence-corrected chi connectivity index (χ1v) is 9.20. The van der Waals surface area contributed by atoms with Crippen LogP contribution in [0.2, 0.25) is 0 Å². The molecule has 3 N–H and O–H groups in total. The van der Waals surface area contributed by atoms with Crippen LogP contribution in [0.4, 0.5) is 14.9 Å².